The van der Waals surface area contributed by atoms with E-state index >= 15 is 0 Å². The van der Waals surface area contributed by atoms with Crippen molar-refractivity contribution >= 4 is 23.0 Å². The van der Waals surface area contributed by atoms with Gasteiger partial charge in [0, 0.05) is 37.3 Å². The van der Waals surface area contributed by atoms with Gasteiger partial charge in [0.25, 0.3) is 11.6 Å². The van der Waals surface area contributed by atoms with Crippen molar-refractivity contribution in [2.24, 2.45) is 5.84 Å². The number of non-ortho nitro benzene ring substituents is 1. The molecule has 21 heavy (non-hydrogen) atoms. The summed E-state index contributed by atoms with van der Waals surface area (Å²) in [7, 11) is 1.57. The average molecular weight is 287 g/mol. The van der Waals surface area contributed by atoms with E-state index in [4.69, 9.17) is 5.84 Å². The SMILES string of the molecule is CN(C(=O)c1cc([N+](=O)[O-])ccc1NN)c1ccncc1. The molecule has 0 aliphatic heterocycles. The van der Waals surface area contributed by atoms with Crippen LogP contribution >= 0.6 is 0 Å². The van der Waals surface area contributed by atoms with Gasteiger partial charge in [-0.15, -0.1) is 0 Å². The summed E-state index contributed by atoms with van der Waals surface area (Å²) in [5.41, 5.74) is 3.23. The molecular weight excluding hydrogens is 274 g/mol. The minimum Gasteiger partial charge on any atom is -0.323 e. The van der Waals surface area contributed by atoms with Crippen LogP contribution in [0.3, 0.4) is 0 Å². The van der Waals surface area contributed by atoms with Gasteiger partial charge >= 0.3 is 0 Å². The molecule has 1 heterocycles. The van der Waals surface area contributed by atoms with Crippen LogP contribution in [-0.2, 0) is 0 Å². The normalized spacial score (nSPS) is 10.0. The van der Waals surface area contributed by atoms with Crippen LogP contribution in [0.15, 0.2) is 42.7 Å². The number of nitrogens with two attached hydrogens (primary N) is 1. The number of nitro benzene ring substituents is 1. The fourth-order valence-electron chi connectivity index (χ4n) is 1.81. The van der Waals surface area contributed by atoms with Crippen molar-refractivity contribution < 1.29 is 9.72 Å². The zero-order chi connectivity index (χ0) is 15.4. The third kappa shape index (κ3) is 2.95. The number of carbonyl (C=O) groups excluding carboxylic acids is 1. The van der Waals surface area contributed by atoms with E-state index in [1.165, 1.54) is 23.1 Å². The highest BCUT2D eigenvalue weighted by molar-refractivity contribution is 6.09. The zero-order valence-corrected chi connectivity index (χ0v) is 11.2. The molecule has 1 aromatic carbocycles. The molecule has 0 bridgehead atoms. The molecule has 8 nitrogen and oxygen atoms in total. The summed E-state index contributed by atoms with van der Waals surface area (Å²) in [6, 6.07) is 7.18. The minimum atomic E-state index is -0.566. The van der Waals surface area contributed by atoms with Gasteiger partial charge in [-0.05, 0) is 18.2 Å². The number of carbonyl (C=O) groups is 1. The van der Waals surface area contributed by atoms with Crippen LogP contribution in [0.1, 0.15) is 10.4 Å². The fraction of sp³-hybridized carbons (Fsp3) is 0.0769. The molecule has 0 spiro atoms. The Morgan fingerprint density at radius 1 is 1.33 bits per heavy atom. The molecule has 3 N–H and O–H groups in total. The highest BCUT2D eigenvalue weighted by atomic mass is 16.6. The van der Waals surface area contributed by atoms with Crippen molar-refractivity contribution in [2.45, 2.75) is 0 Å². The van der Waals surface area contributed by atoms with Gasteiger partial charge in [-0.3, -0.25) is 25.7 Å². The maximum Gasteiger partial charge on any atom is 0.270 e. The molecule has 8 heteroatoms. The first kappa shape index (κ1) is 14.4. The predicted octanol–water partition coefficient (Wildman–Crippen LogP) is 1.55. The van der Waals surface area contributed by atoms with E-state index in [1.807, 2.05) is 0 Å². The maximum absolute atomic E-state index is 12.5. The molecule has 0 unspecified atom stereocenters. The third-order valence-corrected chi connectivity index (χ3v) is 2.95. The smallest absolute Gasteiger partial charge is 0.270 e. The number of amides is 1. The van der Waals surface area contributed by atoms with Crippen molar-refractivity contribution in [3.63, 3.8) is 0 Å². The number of anilines is 2. The van der Waals surface area contributed by atoms with E-state index < -0.39 is 10.8 Å². The Kier molecular flexibility index (Phi) is 4.10. The van der Waals surface area contributed by atoms with E-state index in [0.717, 1.165) is 0 Å². The first-order valence-electron chi connectivity index (χ1n) is 5.97. The Hall–Kier alpha value is -3.00. The number of benzene rings is 1. The van der Waals surface area contributed by atoms with Crippen molar-refractivity contribution in [1.29, 1.82) is 0 Å². The highest BCUT2D eigenvalue weighted by Crippen LogP contribution is 2.24. The second-order valence-corrected chi connectivity index (χ2v) is 4.20. The Bertz CT molecular complexity index is 675. The summed E-state index contributed by atoms with van der Waals surface area (Å²) in [6.07, 6.45) is 3.10. The molecule has 2 rings (SSSR count). The number of nitrogens with zero attached hydrogens (tertiary/aromatic N) is 3. The molecular formula is C13H13N5O3. The van der Waals surface area contributed by atoms with Crippen molar-refractivity contribution in [2.75, 3.05) is 17.4 Å². The van der Waals surface area contributed by atoms with Crippen LogP contribution in [0.4, 0.5) is 17.1 Å². The molecule has 2 aromatic rings. The summed E-state index contributed by atoms with van der Waals surface area (Å²) in [5, 5.41) is 10.8. The molecule has 0 saturated carbocycles. The summed E-state index contributed by atoms with van der Waals surface area (Å²) in [6.45, 7) is 0. The molecule has 0 aliphatic rings. The van der Waals surface area contributed by atoms with Gasteiger partial charge in [0.05, 0.1) is 16.2 Å². The van der Waals surface area contributed by atoms with Crippen molar-refractivity contribution in [3.8, 4) is 0 Å². The summed E-state index contributed by atoms with van der Waals surface area (Å²) >= 11 is 0. The van der Waals surface area contributed by atoms with Gasteiger partial charge in [0.2, 0.25) is 0 Å². The van der Waals surface area contributed by atoms with Crippen molar-refractivity contribution in [3.05, 3.63) is 58.4 Å². The Labute approximate surface area is 120 Å². The fourth-order valence-corrected chi connectivity index (χ4v) is 1.81. The van der Waals surface area contributed by atoms with E-state index in [2.05, 4.69) is 10.4 Å². The van der Waals surface area contributed by atoms with Gasteiger partial charge in [-0.2, -0.15) is 0 Å². The Balaban J connectivity index is 2.42. The van der Waals surface area contributed by atoms with Crippen LogP contribution in [0, 0.1) is 10.1 Å². The second kappa shape index (κ2) is 5.97. The molecule has 1 aromatic heterocycles. The number of nitrogens with one attached hydrogen (secondary N) is 1. The van der Waals surface area contributed by atoms with Gasteiger partial charge < -0.3 is 10.3 Å². The molecule has 0 aliphatic carbocycles. The van der Waals surface area contributed by atoms with E-state index in [9.17, 15) is 14.9 Å². The number of hydrogen-bond acceptors (Lipinski definition) is 6. The molecule has 0 saturated heterocycles. The predicted molar refractivity (Wildman–Crippen MR) is 77.9 cm³/mol. The van der Waals surface area contributed by atoms with Crippen LogP contribution in [0.5, 0.6) is 0 Å². The molecule has 1 amide bonds. The van der Waals surface area contributed by atoms with E-state index in [0.29, 0.717) is 11.4 Å². The highest BCUT2D eigenvalue weighted by Gasteiger charge is 2.20. The Morgan fingerprint density at radius 2 is 2.00 bits per heavy atom. The number of hydrazine groups is 1. The monoisotopic (exact) mass is 287 g/mol. The lowest BCUT2D eigenvalue weighted by molar-refractivity contribution is -0.384. The lowest BCUT2D eigenvalue weighted by Crippen LogP contribution is -2.27. The number of pyridine rings is 1. The van der Waals surface area contributed by atoms with Gasteiger partial charge in [0.15, 0.2) is 0 Å². The third-order valence-electron chi connectivity index (χ3n) is 2.95. The largest absolute Gasteiger partial charge is 0.323 e. The lowest BCUT2D eigenvalue weighted by Gasteiger charge is -2.18. The van der Waals surface area contributed by atoms with Crippen LogP contribution in [0.2, 0.25) is 0 Å². The van der Waals surface area contributed by atoms with E-state index in [1.54, 1.807) is 31.6 Å². The van der Waals surface area contributed by atoms with Gasteiger partial charge in [0.1, 0.15) is 0 Å². The summed E-state index contributed by atoms with van der Waals surface area (Å²) in [4.78, 5) is 28.0. The first-order chi connectivity index (χ1) is 10.0. The maximum atomic E-state index is 12.5. The lowest BCUT2D eigenvalue weighted by atomic mass is 10.1. The second-order valence-electron chi connectivity index (χ2n) is 4.20. The Morgan fingerprint density at radius 3 is 2.57 bits per heavy atom. The number of hydrogen-bond donors (Lipinski definition) is 2. The topological polar surface area (TPSA) is 114 Å². The van der Waals surface area contributed by atoms with Crippen LogP contribution in [-0.4, -0.2) is 22.9 Å². The quantitative estimate of drug-likeness (QED) is 0.501. The van der Waals surface area contributed by atoms with Crippen LogP contribution < -0.4 is 16.2 Å². The van der Waals surface area contributed by atoms with Gasteiger partial charge in [-0.1, -0.05) is 0 Å². The minimum absolute atomic E-state index is 0.117. The first-order valence-corrected chi connectivity index (χ1v) is 5.97. The van der Waals surface area contributed by atoms with E-state index in [-0.39, 0.29) is 11.3 Å². The number of nitrogen functional groups attached to an aromatic ring is 1. The molecule has 0 radical (unpaired) electrons. The summed E-state index contributed by atoms with van der Waals surface area (Å²) in [5.74, 6) is 4.93. The van der Waals surface area contributed by atoms with Crippen LogP contribution in [0.25, 0.3) is 0 Å². The molecule has 0 atom stereocenters. The average Bonchev–Trinajstić information content (AvgIpc) is 2.53. The summed E-state index contributed by atoms with van der Waals surface area (Å²) < 4.78 is 0. The number of aromatic nitrogens is 1. The van der Waals surface area contributed by atoms with Crippen molar-refractivity contribution in [1.82, 2.24) is 4.98 Å². The number of nitro groups is 1. The molecule has 0 fully saturated rings. The standard InChI is InChI=1S/C13H13N5O3/c1-17(9-4-6-15-7-5-9)13(19)11-8-10(18(20)21)2-3-12(11)16-14/h2-8,16H,14H2,1H3. The zero-order valence-electron chi connectivity index (χ0n) is 11.2. The number of rotatable bonds is 4. The molecule has 108 valence electrons. The van der Waals surface area contributed by atoms with Gasteiger partial charge in [-0.25, -0.2) is 0 Å².